The number of nitrogens with zero attached hydrogens (tertiary/aromatic N) is 2. The van der Waals surface area contributed by atoms with Gasteiger partial charge < -0.3 is 28.7 Å². The molecule has 1 aromatic rings. The van der Waals surface area contributed by atoms with E-state index in [-0.39, 0.29) is 47.0 Å². The van der Waals surface area contributed by atoms with Crippen molar-refractivity contribution in [2.75, 3.05) is 27.1 Å². The third-order valence-electron chi connectivity index (χ3n) is 5.33. The topological polar surface area (TPSA) is 201 Å². The summed E-state index contributed by atoms with van der Waals surface area (Å²) in [7, 11) is -3.59. The van der Waals surface area contributed by atoms with Crippen LogP contribution < -0.4 is 0 Å². The van der Waals surface area contributed by atoms with Crippen LogP contribution >= 0.6 is 7.82 Å². The molecule has 0 radical (unpaired) electrons. The van der Waals surface area contributed by atoms with Crippen molar-refractivity contribution in [3.8, 4) is 0 Å². The summed E-state index contributed by atoms with van der Waals surface area (Å²) in [6, 6.07) is 5.24. The van der Waals surface area contributed by atoms with Crippen LogP contribution in [0.15, 0.2) is 46.8 Å². The molecule has 15 nitrogen and oxygen atoms in total. The molecule has 214 valence electrons. The molecule has 1 aliphatic heterocycles. The zero-order valence-corrected chi connectivity index (χ0v) is 22.7. The Labute approximate surface area is 223 Å². The number of phosphoric ester groups is 1. The highest BCUT2D eigenvalue weighted by Gasteiger charge is 2.43. The number of benzene rings is 1. The van der Waals surface area contributed by atoms with E-state index in [1.807, 2.05) is 0 Å². The van der Waals surface area contributed by atoms with Gasteiger partial charge in [-0.2, -0.15) is 0 Å². The second-order valence-corrected chi connectivity index (χ2v) is 9.59. The van der Waals surface area contributed by atoms with E-state index in [0.29, 0.717) is 0 Å². The van der Waals surface area contributed by atoms with Gasteiger partial charge >= 0.3 is 25.9 Å². The van der Waals surface area contributed by atoms with Crippen LogP contribution in [0.5, 0.6) is 0 Å². The fraction of sp³-hybridized carbons (Fsp3) is 0.435. The summed E-state index contributed by atoms with van der Waals surface area (Å²) in [6.45, 7) is 4.54. The second kappa shape index (κ2) is 13.4. The Balaban J connectivity index is 2.76. The van der Waals surface area contributed by atoms with E-state index in [4.69, 9.17) is 28.7 Å². The first kappa shape index (κ1) is 31.6. The molecule has 0 fully saturated rings. The summed E-state index contributed by atoms with van der Waals surface area (Å²) in [5.41, 5.74) is -0.752. The molecule has 39 heavy (non-hydrogen) atoms. The van der Waals surface area contributed by atoms with E-state index in [9.17, 15) is 29.1 Å². The van der Waals surface area contributed by atoms with Gasteiger partial charge in [0.2, 0.25) is 6.79 Å². The van der Waals surface area contributed by atoms with Crippen LogP contribution in [0.2, 0.25) is 0 Å². The maximum Gasteiger partial charge on any atom is 0.472 e. The number of methoxy groups -OCH3 is 1. The van der Waals surface area contributed by atoms with Crippen molar-refractivity contribution in [1.82, 2.24) is 4.90 Å². The van der Waals surface area contributed by atoms with Crippen LogP contribution in [-0.4, -0.2) is 70.9 Å². The molecule has 0 aliphatic carbocycles. The van der Waals surface area contributed by atoms with Crippen molar-refractivity contribution in [3.05, 3.63) is 62.5 Å². The Hall–Kier alpha value is -3.62. The van der Waals surface area contributed by atoms with Crippen LogP contribution in [0.3, 0.4) is 0 Å². The number of amides is 1. The molecule has 0 saturated heterocycles. The number of nitro benzene ring substituents is 1. The van der Waals surface area contributed by atoms with Crippen LogP contribution in [0, 0.1) is 10.1 Å². The number of nitro groups is 1. The number of non-ortho nitro benzene ring substituents is 1. The second-order valence-electron chi connectivity index (χ2n) is 8.35. The van der Waals surface area contributed by atoms with Gasteiger partial charge in [0, 0.05) is 30.6 Å². The minimum Gasteiger partial charge on any atom is -0.460 e. The first-order valence-electron chi connectivity index (χ1n) is 11.4. The van der Waals surface area contributed by atoms with Gasteiger partial charge in [-0.25, -0.2) is 23.5 Å². The Morgan fingerprint density at radius 2 is 1.69 bits per heavy atom. The summed E-state index contributed by atoms with van der Waals surface area (Å²) in [6.07, 6.45) is -1.86. The lowest BCUT2D eigenvalue weighted by molar-refractivity contribution is -0.384. The highest BCUT2D eigenvalue weighted by Crippen LogP contribution is 2.44. The van der Waals surface area contributed by atoms with Gasteiger partial charge in [0.05, 0.1) is 34.7 Å². The zero-order valence-electron chi connectivity index (χ0n) is 21.8. The van der Waals surface area contributed by atoms with Crippen LogP contribution in [0.1, 0.15) is 39.2 Å². The number of rotatable bonds is 11. The SMILES string of the molecule is COCCOC(=O)C1=C(C)N(C(=O)OCOP(=O)(O)O)C(C)=C(C(=O)OC(C)C)C1c1cccc([N+](=O)[O-])c1. The first-order chi connectivity index (χ1) is 18.2. The molecule has 0 aromatic heterocycles. The number of ether oxygens (including phenoxy) is 4. The van der Waals surface area contributed by atoms with Gasteiger partial charge in [-0.15, -0.1) is 0 Å². The highest BCUT2D eigenvalue weighted by atomic mass is 31.2. The van der Waals surface area contributed by atoms with Crippen molar-refractivity contribution in [3.63, 3.8) is 0 Å². The molecule has 0 saturated carbocycles. The van der Waals surface area contributed by atoms with Crippen molar-refractivity contribution in [1.29, 1.82) is 0 Å². The number of carbonyl (C=O) groups excluding carboxylic acids is 3. The van der Waals surface area contributed by atoms with Crippen LogP contribution in [0.4, 0.5) is 10.5 Å². The average Bonchev–Trinajstić information content (AvgIpc) is 2.82. The molecule has 0 bridgehead atoms. The number of allylic oxidation sites excluding steroid dienone is 2. The van der Waals surface area contributed by atoms with Gasteiger partial charge in [0.1, 0.15) is 6.61 Å². The zero-order chi connectivity index (χ0) is 29.5. The van der Waals surface area contributed by atoms with Crippen molar-refractivity contribution in [2.45, 2.75) is 39.7 Å². The summed E-state index contributed by atoms with van der Waals surface area (Å²) in [5.74, 6) is -3.16. The molecular formula is C23H29N2O13P. The third-order valence-corrected chi connectivity index (χ3v) is 5.77. The number of phosphoric acid groups is 1. The number of hydrogen-bond acceptors (Lipinski definition) is 11. The van der Waals surface area contributed by atoms with Crippen LogP contribution in [0.25, 0.3) is 0 Å². The average molecular weight is 572 g/mol. The minimum absolute atomic E-state index is 0.0299. The van der Waals surface area contributed by atoms with E-state index in [1.165, 1.54) is 45.2 Å². The van der Waals surface area contributed by atoms with Crippen molar-refractivity contribution in [2.24, 2.45) is 0 Å². The Morgan fingerprint density at radius 1 is 1.08 bits per heavy atom. The fourth-order valence-corrected chi connectivity index (χ4v) is 3.98. The Kier molecular flexibility index (Phi) is 10.9. The lowest BCUT2D eigenvalue weighted by Crippen LogP contribution is -2.39. The van der Waals surface area contributed by atoms with Crippen molar-refractivity contribution >= 4 is 31.5 Å². The smallest absolute Gasteiger partial charge is 0.460 e. The van der Waals surface area contributed by atoms with Gasteiger partial charge in [-0.1, -0.05) is 12.1 Å². The number of hydrogen-bond donors (Lipinski definition) is 2. The molecule has 1 aromatic carbocycles. The molecular weight excluding hydrogens is 543 g/mol. The summed E-state index contributed by atoms with van der Waals surface area (Å²) in [5, 5.41) is 11.5. The third kappa shape index (κ3) is 8.18. The van der Waals surface area contributed by atoms with Crippen LogP contribution in [-0.2, 0) is 37.6 Å². The fourth-order valence-electron chi connectivity index (χ4n) is 3.79. The van der Waals surface area contributed by atoms with E-state index in [1.54, 1.807) is 13.8 Å². The van der Waals surface area contributed by atoms with Gasteiger partial charge in [0.25, 0.3) is 5.69 Å². The predicted molar refractivity (Wildman–Crippen MR) is 132 cm³/mol. The lowest BCUT2D eigenvalue weighted by atomic mass is 9.79. The molecule has 0 spiro atoms. The lowest BCUT2D eigenvalue weighted by Gasteiger charge is -2.36. The number of esters is 2. The number of carbonyl (C=O) groups is 3. The van der Waals surface area contributed by atoms with Crippen molar-refractivity contribution < 1.29 is 57.1 Å². The molecule has 1 atom stereocenters. The molecule has 1 aliphatic rings. The molecule has 1 unspecified atom stereocenters. The molecule has 1 amide bonds. The predicted octanol–water partition coefficient (Wildman–Crippen LogP) is 2.89. The Bertz CT molecular complexity index is 1230. The molecule has 2 rings (SSSR count). The molecule has 16 heteroatoms. The Morgan fingerprint density at radius 3 is 2.23 bits per heavy atom. The van der Waals surface area contributed by atoms with E-state index in [0.717, 1.165) is 4.90 Å². The quantitative estimate of drug-likeness (QED) is 0.0746. The van der Waals surface area contributed by atoms with Gasteiger partial charge in [-0.05, 0) is 33.3 Å². The maximum absolute atomic E-state index is 13.4. The molecule has 2 N–H and O–H groups in total. The summed E-state index contributed by atoms with van der Waals surface area (Å²) >= 11 is 0. The van der Waals surface area contributed by atoms with E-state index in [2.05, 4.69) is 4.52 Å². The maximum atomic E-state index is 13.4. The standard InChI is InChI=1S/C23H29N2O13P/c1-13(2)38-22(27)19-15(4)24(23(28)36-12-37-39(31,32)33)14(3)18(21(26)35-10-9-34-5)20(19)16-7-6-8-17(11-16)25(29)30/h6-8,11,13,20H,9-10,12H2,1-5H3,(H2,31,32,33). The highest BCUT2D eigenvalue weighted by molar-refractivity contribution is 7.46. The van der Waals surface area contributed by atoms with Gasteiger partial charge in [-0.3, -0.25) is 15.0 Å². The summed E-state index contributed by atoms with van der Waals surface area (Å²) in [4.78, 5) is 69.1. The minimum atomic E-state index is -4.98. The monoisotopic (exact) mass is 572 g/mol. The summed E-state index contributed by atoms with van der Waals surface area (Å²) < 4.78 is 35.5. The first-order valence-corrected chi connectivity index (χ1v) is 12.9. The van der Waals surface area contributed by atoms with Gasteiger partial charge in [0.15, 0.2) is 0 Å². The van der Waals surface area contributed by atoms with E-state index < -0.39 is 49.6 Å². The van der Waals surface area contributed by atoms with E-state index >= 15 is 0 Å². The normalized spacial score (nSPS) is 15.9. The largest absolute Gasteiger partial charge is 0.472 e. The molecule has 1 heterocycles.